The average molecular weight is 932 g/mol. The molecular formula is C48H90IN3O6. The minimum Gasteiger partial charge on any atom is -0.466 e. The minimum absolute atomic E-state index is 0.00744. The lowest BCUT2D eigenvalue weighted by Crippen LogP contribution is -2.35. The van der Waals surface area contributed by atoms with Gasteiger partial charge in [0, 0.05) is 26.4 Å². The number of unbranched alkanes of at least 4 members (excludes halogenated alkanes) is 23. The van der Waals surface area contributed by atoms with Gasteiger partial charge in [0.15, 0.2) is 0 Å². The summed E-state index contributed by atoms with van der Waals surface area (Å²) in [5.74, 6) is -0.160. The van der Waals surface area contributed by atoms with Crippen molar-refractivity contribution in [1.29, 1.82) is 0 Å². The smallest absolute Gasteiger partial charge is 0.326 e. The number of hydrogen-bond acceptors (Lipinski definition) is 7. The van der Waals surface area contributed by atoms with Gasteiger partial charge in [0.2, 0.25) is 5.91 Å². The second-order valence-electron chi connectivity index (χ2n) is 17.2. The number of hydrogen-bond donors (Lipinski definition) is 0. The standard InChI is InChI=1S/C48H90IN3O6/c1-4-6-8-10-12-23-31-42-57-46(54)35-26-18-14-21-29-38-51(40-32-41-52-45(53)43-50(3)48(52)56)39-30-22-15-19-27-36-47(55)58-44(33-24-16-11-9-7-5-2)34-25-17-13-20-28-37-49/h44H,4-43H2,1-3H3. The lowest BCUT2D eigenvalue weighted by Gasteiger charge is -2.23. The molecule has 1 heterocycles. The Kier molecular flexibility index (Phi) is 37.4. The van der Waals surface area contributed by atoms with Gasteiger partial charge in [-0.2, -0.15) is 0 Å². The number of urea groups is 1. The predicted octanol–water partition coefficient (Wildman–Crippen LogP) is 13.0. The SMILES string of the molecule is CCCCCCCCCOC(=O)CCCCCCCN(CCCCCCCC(=O)OC(CCCCCCCC)CCCCCCCI)CCCN1C(=O)CN(C)C1=O. The number of alkyl halides is 1. The number of amides is 3. The van der Waals surface area contributed by atoms with Crippen LogP contribution in [0.2, 0.25) is 0 Å². The molecule has 1 atom stereocenters. The quantitative estimate of drug-likeness (QED) is 0.0197. The molecule has 1 aliphatic rings. The largest absolute Gasteiger partial charge is 0.466 e. The maximum absolute atomic E-state index is 12.8. The molecule has 0 aliphatic carbocycles. The van der Waals surface area contributed by atoms with Crippen molar-refractivity contribution in [1.82, 2.24) is 14.7 Å². The maximum Gasteiger partial charge on any atom is 0.326 e. The van der Waals surface area contributed by atoms with Gasteiger partial charge in [0.1, 0.15) is 12.6 Å². The fraction of sp³-hybridized carbons (Fsp3) is 0.917. The summed E-state index contributed by atoms with van der Waals surface area (Å²) in [6, 6.07) is -0.187. The predicted molar refractivity (Wildman–Crippen MR) is 250 cm³/mol. The van der Waals surface area contributed by atoms with Gasteiger partial charge in [0.05, 0.1) is 6.61 Å². The van der Waals surface area contributed by atoms with E-state index in [1.54, 1.807) is 7.05 Å². The first-order valence-corrected chi connectivity index (χ1v) is 26.0. The number of ether oxygens (including phenoxy) is 2. The van der Waals surface area contributed by atoms with Crippen LogP contribution >= 0.6 is 22.6 Å². The van der Waals surface area contributed by atoms with Gasteiger partial charge in [-0.15, -0.1) is 0 Å². The monoisotopic (exact) mass is 932 g/mol. The summed E-state index contributed by atoms with van der Waals surface area (Å²) in [7, 11) is 1.68. The number of rotatable bonds is 43. The lowest BCUT2D eigenvalue weighted by atomic mass is 10.0. The Labute approximate surface area is 370 Å². The summed E-state index contributed by atoms with van der Waals surface area (Å²) >= 11 is 2.46. The van der Waals surface area contributed by atoms with Gasteiger partial charge >= 0.3 is 18.0 Å². The van der Waals surface area contributed by atoms with Gasteiger partial charge in [0.25, 0.3) is 0 Å². The molecule has 1 fully saturated rings. The summed E-state index contributed by atoms with van der Waals surface area (Å²) in [4.78, 5) is 55.0. The molecule has 340 valence electrons. The number of halogens is 1. The Balaban J connectivity index is 2.34. The molecular weight excluding hydrogens is 841 g/mol. The van der Waals surface area contributed by atoms with Crippen molar-refractivity contribution >= 4 is 46.5 Å². The molecule has 0 spiro atoms. The summed E-state index contributed by atoms with van der Waals surface area (Å²) in [5, 5.41) is 0. The van der Waals surface area contributed by atoms with E-state index in [2.05, 4.69) is 41.3 Å². The van der Waals surface area contributed by atoms with E-state index < -0.39 is 0 Å². The van der Waals surface area contributed by atoms with Crippen LogP contribution in [0.5, 0.6) is 0 Å². The van der Waals surface area contributed by atoms with Gasteiger partial charge in [-0.1, -0.05) is 165 Å². The maximum atomic E-state index is 12.8. The second-order valence-corrected chi connectivity index (χ2v) is 18.2. The fourth-order valence-electron chi connectivity index (χ4n) is 7.92. The topological polar surface area (TPSA) is 96.5 Å². The Morgan fingerprint density at radius 2 is 1.03 bits per heavy atom. The molecule has 3 amide bonds. The number of carbonyl (C=O) groups excluding carboxylic acids is 4. The fourth-order valence-corrected chi connectivity index (χ4v) is 8.46. The summed E-state index contributed by atoms with van der Waals surface area (Å²) in [5.41, 5.74) is 0. The highest BCUT2D eigenvalue weighted by atomic mass is 127. The van der Waals surface area contributed by atoms with Crippen molar-refractivity contribution in [3.05, 3.63) is 0 Å². The lowest BCUT2D eigenvalue weighted by molar-refractivity contribution is -0.150. The Hall–Kier alpha value is -1.43. The van der Waals surface area contributed by atoms with Crippen LogP contribution < -0.4 is 0 Å². The second kappa shape index (κ2) is 39.7. The van der Waals surface area contributed by atoms with Gasteiger partial charge < -0.3 is 19.3 Å². The molecule has 1 rings (SSSR count). The van der Waals surface area contributed by atoms with Crippen LogP contribution in [-0.4, -0.2) is 95.5 Å². The van der Waals surface area contributed by atoms with Crippen LogP contribution in [0.15, 0.2) is 0 Å². The van der Waals surface area contributed by atoms with Crippen LogP contribution in [0.25, 0.3) is 0 Å². The van der Waals surface area contributed by atoms with E-state index in [4.69, 9.17) is 9.47 Å². The molecule has 58 heavy (non-hydrogen) atoms. The molecule has 0 aromatic carbocycles. The van der Waals surface area contributed by atoms with Crippen molar-refractivity contribution in [2.75, 3.05) is 50.8 Å². The third-order valence-corrected chi connectivity index (χ3v) is 12.4. The van der Waals surface area contributed by atoms with Gasteiger partial charge in [-0.05, 0) is 94.7 Å². The van der Waals surface area contributed by atoms with Crippen molar-refractivity contribution in [2.45, 2.75) is 232 Å². The third kappa shape index (κ3) is 31.4. The Morgan fingerprint density at radius 3 is 1.55 bits per heavy atom. The van der Waals surface area contributed by atoms with E-state index in [0.29, 0.717) is 26.0 Å². The van der Waals surface area contributed by atoms with Gasteiger partial charge in [-0.3, -0.25) is 19.3 Å². The zero-order chi connectivity index (χ0) is 42.3. The number of imide groups is 1. The Bertz CT molecular complexity index is 1000. The third-order valence-electron chi connectivity index (χ3n) is 11.6. The first-order chi connectivity index (χ1) is 28.3. The molecule has 9 nitrogen and oxygen atoms in total. The van der Waals surface area contributed by atoms with Crippen LogP contribution in [-0.2, 0) is 23.9 Å². The summed E-state index contributed by atoms with van der Waals surface area (Å²) in [6.07, 6.45) is 37.0. The number of esters is 2. The highest BCUT2D eigenvalue weighted by Crippen LogP contribution is 2.19. The highest BCUT2D eigenvalue weighted by molar-refractivity contribution is 14.1. The molecule has 1 unspecified atom stereocenters. The molecule has 1 saturated heterocycles. The van der Waals surface area contributed by atoms with Crippen molar-refractivity contribution in [2.24, 2.45) is 0 Å². The summed E-state index contributed by atoms with van der Waals surface area (Å²) < 4.78 is 12.7. The van der Waals surface area contributed by atoms with Gasteiger partial charge in [-0.25, -0.2) is 4.79 Å². The van der Waals surface area contributed by atoms with E-state index in [-0.39, 0.29) is 36.5 Å². The highest BCUT2D eigenvalue weighted by Gasteiger charge is 2.32. The molecule has 0 N–H and O–H groups in total. The molecule has 0 saturated carbocycles. The summed E-state index contributed by atoms with van der Waals surface area (Å²) in [6.45, 7) is 8.59. The first kappa shape index (κ1) is 54.6. The van der Waals surface area contributed by atoms with Crippen LogP contribution in [0, 0.1) is 0 Å². The van der Waals surface area contributed by atoms with Crippen LogP contribution in [0.1, 0.15) is 226 Å². The van der Waals surface area contributed by atoms with E-state index in [9.17, 15) is 19.2 Å². The zero-order valence-corrected chi connectivity index (χ0v) is 40.2. The Morgan fingerprint density at radius 1 is 0.586 bits per heavy atom. The van der Waals surface area contributed by atoms with Crippen molar-refractivity contribution in [3.63, 3.8) is 0 Å². The molecule has 0 aromatic heterocycles. The minimum atomic E-state index is -0.187. The molecule has 0 aromatic rings. The number of likely N-dealkylation sites (N-methyl/N-ethyl adjacent to an activating group) is 1. The number of nitrogens with zero attached hydrogens (tertiary/aromatic N) is 3. The van der Waals surface area contributed by atoms with E-state index in [1.807, 2.05) is 0 Å². The molecule has 1 aliphatic heterocycles. The molecule has 0 bridgehead atoms. The zero-order valence-electron chi connectivity index (χ0n) is 38.0. The number of carbonyl (C=O) groups is 4. The van der Waals surface area contributed by atoms with Crippen LogP contribution in [0.3, 0.4) is 0 Å². The van der Waals surface area contributed by atoms with Crippen molar-refractivity contribution < 1.29 is 28.7 Å². The molecule has 10 heteroatoms. The normalized spacial score (nSPS) is 13.6. The first-order valence-electron chi connectivity index (χ1n) is 24.5. The van der Waals surface area contributed by atoms with Crippen molar-refractivity contribution in [3.8, 4) is 0 Å². The van der Waals surface area contributed by atoms with E-state index in [0.717, 1.165) is 129 Å². The van der Waals surface area contributed by atoms with Crippen LogP contribution in [0.4, 0.5) is 4.79 Å². The average Bonchev–Trinajstić information content (AvgIpc) is 3.45. The van der Waals surface area contributed by atoms with E-state index in [1.165, 1.54) is 104 Å². The molecule has 0 radical (unpaired) electrons. The van der Waals surface area contributed by atoms with E-state index >= 15 is 0 Å².